The van der Waals surface area contributed by atoms with E-state index < -0.39 is 0 Å². The Morgan fingerprint density at radius 3 is 1.62 bits per heavy atom. The van der Waals surface area contributed by atoms with Crippen LogP contribution in [0.2, 0.25) is 0 Å². The van der Waals surface area contributed by atoms with Crippen molar-refractivity contribution in [3.63, 3.8) is 0 Å². The fourth-order valence-corrected chi connectivity index (χ4v) is 5.61. The van der Waals surface area contributed by atoms with Gasteiger partial charge in [0.25, 0.3) is 0 Å². The summed E-state index contributed by atoms with van der Waals surface area (Å²) in [6.45, 7) is 11.3. The van der Waals surface area contributed by atoms with E-state index in [9.17, 15) is 9.59 Å². The molecule has 0 saturated heterocycles. The van der Waals surface area contributed by atoms with E-state index in [1.54, 1.807) is 12.1 Å². The van der Waals surface area contributed by atoms with Gasteiger partial charge in [0.1, 0.15) is 5.01 Å². The number of carbonyl (C=O) groups is 2. The van der Waals surface area contributed by atoms with Gasteiger partial charge < -0.3 is 32.4 Å². The lowest BCUT2D eigenvalue weighted by Gasteiger charge is -2.05. The number of carbonyl (C=O) groups excluding carboxylic acids is 2. The van der Waals surface area contributed by atoms with Crippen molar-refractivity contribution in [1.82, 2.24) is 36.0 Å². The van der Waals surface area contributed by atoms with Gasteiger partial charge in [0.2, 0.25) is 23.5 Å². The number of thiocarbonyl (C=S) groups is 1. The number of hydrogen-bond donors (Lipinski definition) is 6. The first-order valence-corrected chi connectivity index (χ1v) is 18.8. The molecule has 55 heavy (non-hydrogen) atoms. The molecule has 0 saturated carbocycles. The van der Waals surface area contributed by atoms with Crippen molar-refractivity contribution < 1.29 is 9.59 Å². The first-order chi connectivity index (χ1) is 26.5. The molecule has 5 aromatic rings. The largest absolute Gasteiger partial charge is 0.375 e. The topological polar surface area (TPSA) is 230 Å². The van der Waals surface area contributed by atoms with Crippen molar-refractivity contribution in [1.29, 1.82) is 0 Å². The lowest BCUT2D eigenvalue weighted by molar-refractivity contribution is -0.116. The third-order valence-electron chi connectivity index (χ3n) is 7.52. The average molecular weight is 782 g/mol. The van der Waals surface area contributed by atoms with Gasteiger partial charge in [0.05, 0.1) is 24.2 Å². The zero-order valence-electron chi connectivity index (χ0n) is 31.0. The second-order valence-corrected chi connectivity index (χ2v) is 13.9. The maximum Gasteiger partial charge on any atom is 0.229 e. The second-order valence-electron chi connectivity index (χ2n) is 12.3. The van der Waals surface area contributed by atoms with Gasteiger partial charge in [0.15, 0.2) is 16.7 Å². The molecular formula is C38H47N13O2S2. The Labute approximate surface area is 330 Å². The van der Waals surface area contributed by atoms with Crippen LogP contribution in [0.15, 0.2) is 72.8 Å². The summed E-state index contributed by atoms with van der Waals surface area (Å²) in [7, 11) is 0. The molecule has 0 spiro atoms. The molecule has 0 aliphatic rings. The highest BCUT2D eigenvalue weighted by molar-refractivity contribution is 7.80. The van der Waals surface area contributed by atoms with Gasteiger partial charge in [0, 0.05) is 12.8 Å². The lowest BCUT2D eigenvalue weighted by Crippen LogP contribution is -2.34. The van der Waals surface area contributed by atoms with Crippen molar-refractivity contribution in [2.75, 3.05) is 22.9 Å². The summed E-state index contributed by atoms with van der Waals surface area (Å²) < 4.78 is 0. The molecule has 17 heteroatoms. The molecule has 0 unspecified atom stereocenters. The minimum Gasteiger partial charge on any atom is -0.375 e. The van der Waals surface area contributed by atoms with Crippen LogP contribution in [0.4, 0.5) is 16.8 Å². The van der Waals surface area contributed by atoms with Gasteiger partial charge in [-0.2, -0.15) is 10.2 Å². The van der Waals surface area contributed by atoms with Gasteiger partial charge in [-0.05, 0) is 93.6 Å². The standard InChI is InChI=1S/C19H22N6OS.C18H20N4O.CH5N3S/c1-13-5-4-6-14(11-13)12-17(26)21-16-10-9-15(22-23-16)7-2-3-8-18-24-25-19(20)27-18;1-14-6-5-7-15(12-14)13-18(23)20-17-10-9-16(21-22-17)8-3-4-11-19-2;2-1(5)4-3/h4-6,9-11H,2-3,7-8,12H2,1H3,(H2,20,25)(H,21,23,26);5-7,9-10,12H,3-4,8,11,13H2,1H3,(H,20,22,23);3H2,(H3,2,4,5). The van der Waals surface area contributed by atoms with Crippen LogP contribution in [0.5, 0.6) is 0 Å². The molecule has 0 aliphatic carbocycles. The molecule has 9 N–H and O–H groups in total. The number of nitrogens with two attached hydrogens (primary N) is 3. The summed E-state index contributed by atoms with van der Waals surface area (Å²) in [5.74, 6) is 5.39. The van der Waals surface area contributed by atoms with Crippen LogP contribution in [-0.4, -0.2) is 54.1 Å². The number of benzene rings is 2. The van der Waals surface area contributed by atoms with Gasteiger partial charge >= 0.3 is 0 Å². The Morgan fingerprint density at radius 2 is 1.22 bits per heavy atom. The van der Waals surface area contributed by atoms with Crippen LogP contribution in [0.1, 0.15) is 64.3 Å². The minimum atomic E-state index is -0.102. The van der Waals surface area contributed by atoms with E-state index in [4.69, 9.17) is 18.0 Å². The molecule has 3 heterocycles. The zero-order valence-corrected chi connectivity index (χ0v) is 32.6. The number of unbranched alkanes of at least 4 members (excludes halogenated alkanes) is 2. The van der Waals surface area contributed by atoms with Crippen molar-refractivity contribution in [3.05, 3.63) is 123 Å². The monoisotopic (exact) mass is 781 g/mol. The van der Waals surface area contributed by atoms with E-state index in [1.165, 1.54) is 11.3 Å². The number of aromatic nitrogens is 6. The Kier molecular flexibility index (Phi) is 19.3. The second kappa shape index (κ2) is 24.4. The SMILES string of the molecule is Cc1cccc(CC(=O)Nc2ccc(CCCCc3nnc(N)s3)nn2)c1.NNC(N)=S.[C-]#[N+]CCCCc1ccc(NC(=O)Cc2cccc(C)c2)nn1. The molecule has 288 valence electrons. The Morgan fingerprint density at radius 1 is 0.727 bits per heavy atom. The van der Waals surface area contributed by atoms with E-state index in [2.05, 4.69) is 64.1 Å². The highest BCUT2D eigenvalue weighted by Crippen LogP contribution is 2.15. The smallest absolute Gasteiger partial charge is 0.229 e. The normalized spacial score (nSPS) is 10.1. The Balaban J connectivity index is 0.000000266. The molecule has 15 nitrogen and oxygen atoms in total. The van der Waals surface area contributed by atoms with E-state index in [-0.39, 0.29) is 16.9 Å². The number of aryl methyl sites for hydroxylation is 5. The molecule has 2 aromatic carbocycles. The molecule has 5 rings (SSSR count). The lowest BCUT2D eigenvalue weighted by atomic mass is 10.1. The van der Waals surface area contributed by atoms with Crippen molar-refractivity contribution in [2.45, 2.75) is 71.6 Å². The van der Waals surface area contributed by atoms with Gasteiger partial charge in [-0.25, -0.2) is 12.4 Å². The molecule has 2 amide bonds. The molecular weight excluding hydrogens is 735 g/mol. The number of nitrogen functional groups attached to an aromatic ring is 1. The third kappa shape index (κ3) is 18.6. The predicted octanol–water partition coefficient (Wildman–Crippen LogP) is 4.87. The van der Waals surface area contributed by atoms with Crippen LogP contribution in [0.3, 0.4) is 0 Å². The van der Waals surface area contributed by atoms with E-state index >= 15 is 0 Å². The number of hydrogen-bond acceptors (Lipinski definition) is 12. The molecule has 0 bridgehead atoms. The average Bonchev–Trinajstić information content (AvgIpc) is 3.58. The number of nitrogens with zero attached hydrogens (tertiary/aromatic N) is 7. The maximum atomic E-state index is 12.1. The van der Waals surface area contributed by atoms with Crippen LogP contribution >= 0.6 is 23.6 Å². The van der Waals surface area contributed by atoms with Crippen LogP contribution < -0.4 is 33.4 Å². The summed E-state index contributed by atoms with van der Waals surface area (Å²) in [5.41, 5.74) is 18.4. The van der Waals surface area contributed by atoms with E-state index in [1.807, 2.05) is 79.9 Å². The highest BCUT2D eigenvalue weighted by atomic mass is 32.1. The zero-order chi connectivity index (χ0) is 39.8. The number of hydrazine groups is 1. The van der Waals surface area contributed by atoms with Crippen molar-refractivity contribution >= 4 is 57.2 Å². The number of amides is 2. The molecule has 0 radical (unpaired) electrons. The first kappa shape index (κ1) is 43.4. The maximum absolute atomic E-state index is 12.1. The Bertz CT molecular complexity index is 1980. The van der Waals surface area contributed by atoms with E-state index in [0.717, 1.165) is 83.6 Å². The summed E-state index contributed by atoms with van der Waals surface area (Å²) in [6, 6.07) is 23.1. The first-order valence-electron chi connectivity index (χ1n) is 17.6. The van der Waals surface area contributed by atoms with Crippen LogP contribution in [-0.2, 0) is 41.7 Å². The van der Waals surface area contributed by atoms with Crippen molar-refractivity contribution in [3.8, 4) is 0 Å². The number of anilines is 3. The molecule has 0 aliphatic heterocycles. The summed E-state index contributed by atoms with van der Waals surface area (Å²) >= 11 is 5.67. The summed E-state index contributed by atoms with van der Waals surface area (Å²) in [4.78, 5) is 27.5. The predicted molar refractivity (Wildman–Crippen MR) is 221 cm³/mol. The Hall–Kier alpha value is -5.96. The fourth-order valence-electron chi connectivity index (χ4n) is 4.96. The van der Waals surface area contributed by atoms with Crippen LogP contribution in [0, 0.1) is 20.4 Å². The molecule has 3 aromatic heterocycles. The van der Waals surface area contributed by atoms with Gasteiger partial charge in [-0.15, -0.1) is 20.4 Å². The molecule has 0 atom stereocenters. The van der Waals surface area contributed by atoms with Gasteiger partial charge in [-0.3, -0.25) is 9.59 Å². The molecule has 0 fully saturated rings. The number of nitrogens with one attached hydrogen (secondary N) is 3. The van der Waals surface area contributed by atoms with Crippen LogP contribution in [0.25, 0.3) is 4.85 Å². The third-order valence-corrected chi connectivity index (χ3v) is 8.45. The van der Waals surface area contributed by atoms with Crippen molar-refractivity contribution in [2.24, 2.45) is 11.6 Å². The van der Waals surface area contributed by atoms with E-state index in [0.29, 0.717) is 36.2 Å². The minimum absolute atomic E-state index is 0.0982. The summed E-state index contributed by atoms with van der Waals surface area (Å²) in [5, 5.41) is 31.4. The van der Waals surface area contributed by atoms with Gasteiger partial charge in [-0.1, -0.05) is 71.0 Å². The fraction of sp³-hybridized carbons (Fsp3) is 0.316. The quantitative estimate of drug-likeness (QED) is 0.0274. The number of rotatable bonds is 15. The highest BCUT2D eigenvalue weighted by Gasteiger charge is 2.08. The summed E-state index contributed by atoms with van der Waals surface area (Å²) in [6.07, 6.45) is 6.92.